The van der Waals surface area contributed by atoms with Crippen molar-refractivity contribution in [1.82, 2.24) is 29.9 Å². The number of halogens is 2. The summed E-state index contributed by atoms with van der Waals surface area (Å²) in [5, 5.41) is 10.4. The molecule has 5 rings (SSSR count). The molecule has 3 aromatic heterocycles. The van der Waals surface area contributed by atoms with E-state index in [1.54, 1.807) is 17.8 Å². The van der Waals surface area contributed by atoms with E-state index in [1.807, 2.05) is 0 Å². The summed E-state index contributed by atoms with van der Waals surface area (Å²) >= 11 is 0. The average Bonchev–Trinajstić information content (AvgIpc) is 3.50. The summed E-state index contributed by atoms with van der Waals surface area (Å²) in [4.78, 5) is 13.0. The second-order valence-corrected chi connectivity index (χ2v) is 7.44. The molecule has 3 aromatic rings. The lowest BCUT2D eigenvalue weighted by molar-refractivity contribution is 0.240. The van der Waals surface area contributed by atoms with E-state index in [4.69, 9.17) is 9.72 Å². The fourth-order valence-corrected chi connectivity index (χ4v) is 3.64. The van der Waals surface area contributed by atoms with Crippen molar-refractivity contribution in [3.63, 3.8) is 0 Å². The van der Waals surface area contributed by atoms with Crippen molar-refractivity contribution < 1.29 is 13.5 Å². The molecule has 8 nitrogen and oxygen atoms in total. The Bertz CT molecular complexity index is 1050. The Balaban J connectivity index is 1.53. The van der Waals surface area contributed by atoms with Crippen LogP contribution in [0.3, 0.4) is 0 Å². The Morgan fingerprint density at radius 2 is 2.10 bits per heavy atom. The highest BCUT2D eigenvalue weighted by Gasteiger charge is 2.30. The first-order valence-corrected chi connectivity index (χ1v) is 9.70. The van der Waals surface area contributed by atoms with Gasteiger partial charge >= 0.3 is 0 Å². The maximum atomic E-state index is 14.6. The maximum Gasteiger partial charge on any atom is 0.223 e. The summed E-state index contributed by atoms with van der Waals surface area (Å²) in [6, 6.07) is -0.463. The van der Waals surface area contributed by atoms with Gasteiger partial charge in [-0.3, -0.25) is 0 Å². The van der Waals surface area contributed by atoms with Crippen molar-refractivity contribution >= 4 is 11.6 Å². The van der Waals surface area contributed by atoms with E-state index in [1.165, 1.54) is 6.20 Å². The van der Waals surface area contributed by atoms with Gasteiger partial charge in [-0.05, 0) is 25.8 Å². The van der Waals surface area contributed by atoms with E-state index in [9.17, 15) is 8.78 Å². The first kappa shape index (κ1) is 18.2. The number of anilines is 1. The average molecular weight is 401 g/mol. The zero-order valence-electron chi connectivity index (χ0n) is 15.9. The molecule has 2 N–H and O–H groups in total. The van der Waals surface area contributed by atoms with Crippen LogP contribution in [0.5, 0.6) is 5.75 Å². The van der Waals surface area contributed by atoms with Gasteiger partial charge in [-0.15, -0.1) is 0 Å². The number of piperidine rings is 1. The van der Waals surface area contributed by atoms with Gasteiger partial charge in [-0.1, -0.05) is 0 Å². The lowest BCUT2D eigenvalue weighted by Gasteiger charge is -2.27. The molecule has 29 heavy (non-hydrogen) atoms. The van der Waals surface area contributed by atoms with E-state index in [2.05, 4.69) is 25.7 Å². The summed E-state index contributed by atoms with van der Waals surface area (Å²) in [5.41, 5.74) is 1.88. The van der Waals surface area contributed by atoms with Crippen molar-refractivity contribution in [3.8, 4) is 17.0 Å². The normalized spacial score (nSPS) is 22.0. The van der Waals surface area contributed by atoms with Gasteiger partial charge in [0.2, 0.25) is 5.95 Å². The fraction of sp³-hybridized carbons (Fsp3) is 0.474. The molecule has 0 aromatic carbocycles. The first-order chi connectivity index (χ1) is 14.1. The molecule has 0 spiro atoms. The molecule has 0 radical (unpaired) electrons. The highest BCUT2D eigenvalue weighted by molar-refractivity contribution is 5.75. The highest BCUT2D eigenvalue weighted by Crippen LogP contribution is 2.43. The predicted octanol–water partition coefficient (Wildman–Crippen LogP) is 2.32. The SMILES string of the molecule is COc1cn2ncc(-c3nc(N[C@H]4CNCC[C@@H]4F)ncc3F)c2nc1C1CC1. The Labute approximate surface area is 165 Å². The van der Waals surface area contributed by atoms with Gasteiger partial charge in [0.05, 0.1) is 43.0 Å². The van der Waals surface area contributed by atoms with Crippen LogP contribution in [0.4, 0.5) is 14.7 Å². The summed E-state index contributed by atoms with van der Waals surface area (Å²) in [5.74, 6) is 0.604. The molecular weight excluding hydrogens is 380 g/mol. The second kappa shape index (κ2) is 7.18. The molecule has 2 aliphatic rings. The number of alkyl halides is 1. The van der Waals surface area contributed by atoms with Crippen LogP contribution in [0.25, 0.3) is 16.9 Å². The van der Waals surface area contributed by atoms with Crippen molar-refractivity contribution in [2.75, 3.05) is 25.5 Å². The van der Waals surface area contributed by atoms with E-state index < -0.39 is 18.0 Å². The first-order valence-electron chi connectivity index (χ1n) is 9.70. The van der Waals surface area contributed by atoms with Gasteiger partial charge in [0.25, 0.3) is 0 Å². The van der Waals surface area contributed by atoms with Crippen LogP contribution in [0.2, 0.25) is 0 Å². The third kappa shape index (κ3) is 3.37. The lowest BCUT2D eigenvalue weighted by Crippen LogP contribution is -2.46. The van der Waals surface area contributed by atoms with E-state index in [-0.39, 0.29) is 11.6 Å². The summed E-state index contributed by atoms with van der Waals surface area (Å²) in [6.07, 6.45) is 5.86. The number of aromatic nitrogens is 5. The maximum absolute atomic E-state index is 14.6. The van der Waals surface area contributed by atoms with Gasteiger partial charge in [0, 0.05) is 12.5 Å². The molecule has 0 amide bonds. The smallest absolute Gasteiger partial charge is 0.223 e. The Kier molecular flexibility index (Phi) is 4.50. The molecular formula is C19H21F2N7O. The van der Waals surface area contributed by atoms with Crippen LogP contribution in [-0.2, 0) is 0 Å². The fourth-order valence-electron chi connectivity index (χ4n) is 3.64. The largest absolute Gasteiger partial charge is 0.493 e. The summed E-state index contributed by atoms with van der Waals surface area (Å²) in [6.45, 7) is 1.09. The van der Waals surface area contributed by atoms with Gasteiger partial charge in [-0.2, -0.15) is 5.10 Å². The molecule has 152 valence electrons. The third-order valence-electron chi connectivity index (χ3n) is 5.38. The number of fused-ring (bicyclic) bond motifs is 1. The van der Waals surface area contributed by atoms with E-state index in [0.717, 1.165) is 24.7 Å². The second-order valence-electron chi connectivity index (χ2n) is 7.44. The number of methoxy groups -OCH3 is 1. The van der Waals surface area contributed by atoms with Crippen LogP contribution >= 0.6 is 0 Å². The van der Waals surface area contributed by atoms with E-state index in [0.29, 0.717) is 42.4 Å². The number of ether oxygens (including phenoxy) is 1. The number of hydrogen-bond acceptors (Lipinski definition) is 7. The Morgan fingerprint density at radius 1 is 1.24 bits per heavy atom. The third-order valence-corrected chi connectivity index (χ3v) is 5.38. The van der Waals surface area contributed by atoms with Crippen molar-refractivity contribution in [1.29, 1.82) is 0 Å². The topological polar surface area (TPSA) is 89.3 Å². The van der Waals surface area contributed by atoms with Crippen molar-refractivity contribution in [2.24, 2.45) is 0 Å². The van der Waals surface area contributed by atoms with Crippen LogP contribution < -0.4 is 15.4 Å². The van der Waals surface area contributed by atoms with Crippen molar-refractivity contribution in [2.45, 2.75) is 37.4 Å². The number of nitrogens with zero attached hydrogens (tertiary/aromatic N) is 5. The van der Waals surface area contributed by atoms with Crippen LogP contribution in [0.15, 0.2) is 18.6 Å². The predicted molar refractivity (Wildman–Crippen MR) is 102 cm³/mol. The quantitative estimate of drug-likeness (QED) is 0.678. The molecule has 1 saturated heterocycles. The molecule has 1 aliphatic heterocycles. The number of hydrogen-bond donors (Lipinski definition) is 2. The minimum absolute atomic E-state index is 0.0797. The monoisotopic (exact) mass is 401 g/mol. The lowest BCUT2D eigenvalue weighted by atomic mass is 10.1. The van der Waals surface area contributed by atoms with Crippen molar-refractivity contribution in [3.05, 3.63) is 30.1 Å². The van der Waals surface area contributed by atoms with Crippen LogP contribution in [0.1, 0.15) is 30.9 Å². The molecule has 1 saturated carbocycles. The minimum atomic E-state index is -1.01. The molecule has 4 heterocycles. The molecule has 0 bridgehead atoms. The van der Waals surface area contributed by atoms with Gasteiger partial charge < -0.3 is 15.4 Å². The standard InChI is InChI=1S/C19H21F2N7O/c1-29-15-9-28-18(26-16(15)10-2-3-10)11(6-24-28)17-13(21)7-23-19(27-17)25-14-8-22-5-4-12(14)20/h6-7,9-10,12,14,22H,2-5,8H2,1H3,(H,23,25,27)/t12-,14-/m0/s1. The zero-order valence-corrected chi connectivity index (χ0v) is 15.9. The number of nitrogens with one attached hydrogen (secondary N) is 2. The zero-order chi connectivity index (χ0) is 20.0. The van der Waals surface area contributed by atoms with Gasteiger partial charge in [0.15, 0.2) is 17.2 Å². The summed E-state index contributed by atoms with van der Waals surface area (Å²) in [7, 11) is 1.60. The Morgan fingerprint density at radius 3 is 2.86 bits per heavy atom. The van der Waals surface area contributed by atoms with Crippen LogP contribution in [0, 0.1) is 5.82 Å². The van der Waals surface area contributed by atoms with Gasteiger partial charge in [0.1, 0.15) is 11.9 Å². The molecule has 2 fully saturated rings. The molecule has 0 unspecified atom stereocenters. The molecule has 2 atom stereocenters. The Hall–Kier alpha value is -2.88. The minimum Gasteiger partial charge on any atom is -0.493 e. The number of rotatable bonds is 5. The highest BCUT2D eigenvalue weighted by atomic mass is 19.1. The molecule has 1 aliphatic carbocycles. The van der Waals surface area contributed by atoms with E-state index >= 15 is 0 Å². The van der Waals surface area contributed by atoms with Gasteiger partial charge in [-0.25, -0.2) is 28.2 Å². The molecule has 10 heteroatoms. The van der Waals surface area contributed by atoms with Crippen LogP contribution in [-0.4, -0.2) is 57.0 Å². The summed E-state index contributed by atoms with van der Waals surface area (Å²) < 4.78 is 35.7.